The summed E-state index contributed by atoms with van der Waals surface area (Å²) in [6.07, 6.45) is -7.29. The third-order valence-electron chi connectivity index (χ3n) is 6.31. The van der Waals surface area contributed by atoms with Gasteiger partial charge in [-0.3, -0.25) is 14.5 Å². The highest BCUT2D eigenvalue weighted by atomic mass is 19.4. The van der Waals surface area contributed by atoms with E-state index in [2.05, 4.69) is 5.32 Å². The number of carbonyl (C=O) groups excluding carboxylic acids is 3. The number of ketones is 1. The van der Waals surface area contributed by atoms with Crippen LogP contribution in [-0.2, 0) is 14.3 Å². The van der Waals surface area contributed by atoms with Crippen LogP contribution in [0.25, 0.3) is 0 Å². The van der Waals surface area contributed by atoms with E-state index < -0.39 is 71.4 Å². The maximum Gasteiger partial charge on any atom is 0.460 e. The zero-order chi connectivity index (χ0) is 31.6. The van der Waals surface area contributed by atoms with Crippen molar-refractivity contribution in [1.29, 1.82) is 0 Å². The van der Waals surface area contributed by atoms with Gasteiger partial charge < -0.3 is 15.4 Å². The number of carbonyl (C=O) groups is 3. The largest absolute Gasteiger partial charge is 0.460 e. The number of hydrogen-bond donors (Lipinski definition) is 2. The third-order valence-corrected chi connectivity index (χ3v) is 6.31. The van der Waals surface area contributed by atoms with Gasteiger partial charge >= 0.3 is 30.0 Å². The predicted octanol–water partition coefficient (Wildman–Crippen LogP) is 5.18. The van der Waals surface area contributed by atoms with Gasteiger partial charge in [0.05, 0.1) is 12.1 Å². The molecule has 0 bridgehead atoms. The molecule has 0 aromatic rings. The van der Waals surface area contributed by atoms with Crippen LogP contribution in [-0.4, -0.2) is 83.4 Å². The normalized spacial score (nSPS) is 19.5. The summed E-state index contributed by atoms with van der Waals surface area (Å²) >= 11 is 0. The minimum atomic E-state index is -7.24. The van der Waals surface area contributed by atoms with E-state index in [1.54, 1.807) is 39.5 Å². The van der Waals surface area contributed by atoms with Gasteiger partial charge in [-0.1, -0.05) is 27.7 Å². The van der Waals surface area contributed by atoms with Gasteiger partial charge in [-0.2, -0.15) is 39.5 Å². The summed E-state index contributed by atoms with van der Waals surface area (Å²) in [6, 6.07) is -4.18. The van der Waals surface area contributed by atoms with Gasteiger partial charge in [-0.25, -0.2) is 4.79 Å². The van der Waals surface area contributed by atoms with Gasteiger partial charge in [0.2, 0.25) is 11.7 Å². The Bertz CT molecular complexity index is 918. The van der Waals surface area contributed by atoms with Crippen molar-refractivity contribution in [2.24, 2.45) is 11.8 Å². The number of alkyl halides is 9. The van der Waals surface area contributed by atoms with Crippen LogP contribution in [0.4, 0.5) is 44.3 Å². The summed E-state index contributed by atoms with van der Waals surface area (Å²) < 4.78 is 126. The molecular formula is C24H36F9N3O4. The number of halogens is 9. The van der Waals surface area contributed by atoms with Gasteiger partial charge in [0.1, 0.15) is 5.60 Å². The summed E-state index contributed by atoms with van der Waals surface area (Å²) in [4.78, 5) is 39.1. The smallest absolute Gasteiger partial charge is 0.444 e. The molecule has 0 spiro atoms. The minimum Gasteiger partial charge on any atom is -0.444 e. The fourth-order valence-corrected chi connectivity index (χ4v) is 3.99. The molecule has 1 heterocycles. The molecule has 16 heteroatoms. The molecule has 0 radical (unpaired) electrons. The molecule has 0 aliphatic carbocycles. The molecule has 1 rings (SSSR count). The SMILES string of the molecule is CC(C)C(CN1CCC[C@H]1C(=O)NC(C(=O)C(F)(F)C(F)(F)C(F)(F)C(F)(F)F)C(C)C)NC(=O)OC(C)(C)C. The number of likely N-dealkylation sites (tertiary alicyclic amines) is 1. The number of rotatable bonds is 11. The first kappa shape index (κ1) is 35.8. The Morgan fingerprint density at radius 3 is 1.80 bits per heavy atom. The molecule has 0 aromatic heterocycles. The third kappa shape index (κ3) is 7.93. The lowest BCUT2D eigenvalue weighted by Gasteiger charge is -2.36. The zero-order valence-electron chi connectivity index (χ0n) is 23.2. The molecule has 0 aromatic carbocycles. The van der Waals surface area contributed by atoms with Crippen LogP contribution in [0.1, 0.15) is 61.3 Å². The maximum atomic E-state index is 14.3. The Morgan fingerprint density at radius 2 is 1.38 bits per heavy atom. The first-order valence-electron chi connectivity index (χ1n) is 12.6. The Balaban J connectivity index is 3.15. The molecule has 3 atom stereocenters. The van der Waals surface area contributed by atoms with Crippen molar-refractivity contribution in [2.75, 3.05) is 13.1 Å². The molecule has 1 fully saturated rings. The fraction of sp³-hybridized carbons (Fsp3) is 0.875. The van der Waals surface area contributed by atoms with E-state index in [-0.39, 0.29) is 25.4 Å². The van der Waals surface area contributed by atoms with Crippen molar-refractivity contribution in [1.82, 2.24) is 15.5 Å². The highest BCUT2D eigenvalue weighted by molar-refractivity contribution is 5.96. The van der Waals surface area contributed by atoms with Gasteiger partial charge in [0.15, 0.2) is 0 Å². The van der Waals surface area contributed by atoms with Crippen LogP contribution in [0.15, 0.2) is 0 Å². The van der Waals surface area contributed by atoms with Gasteiger partial charge in [-0.05, 0) is 52.0 Å². The molecule has 7 nitrogen and oxygen atoms in total. The summed E-state index contributed by atoms with van der Waals surface area (Å²) in [5, 5.41) is 4.51. The zero-order valence-corrected chi connectivity index (χ0v) is 23.2. The van der Waals surface area contributed by atoms with Crippen molar-refractivity contribution < 1.29 is 58.6 Å². The summed E-state index contributed by atoms with van der Waals surface area (Å²) in [5.41, 5.74) is -0.803. The van der Waals surface area contributed by atoms with Crippen molar-refractivity contribution in [3.63, 3.8) is 0 Å². The second-order valence-electron chi connectivity index (χ2n) is 11.5. The first-order valence-corrected chi connectivity index (χ1v) is 12.6. The lowest BCUT2D eigenvalue weighted by molar-refractivity contribution is -0.388. The molecule has 0 saturated carbocycles. The van der Waals surface area contributed by atoms with E-state index in [0.29, 0.717) is 6.42 Å². The average molecular weight is 602 g/mol. The Labute approximate surface area is 226 Å². The highest BCUT2D eigenvalue weighted by Crippen LogP contribution is 2.53. The average Bonchev–Trinajstić information content (AvgIpc) is 3.22. The van der Waals surface area contributed by atoms with Crippen LogP contribution in [0.5, 0.6) is 0 Å². The van der Waals surface area contributed by atoms with E-state index in [0.717, 1.165) is 13.8 Å². The quantitative estimate of drug-likeness (QED) is 0.319. The topological polar surface area (TPSA) is 87.7 Å². The van der Waals surface area contributed by atoms with E-state index in [4.69, 9.17) is 4.74 Å². The maximum absolute atomic E-state index is 14.3. The number of Topliss-reactive ketones (excluding diaryl/α,β-unsaturated/α-hetero) is 1. The first-order chi connectivity index (χ1) is 17.8. The van der Waals surface area contributed by atoms with Crippen LogP contribution >= 0.6 is 0 Å². The van der Waals surface area contributed by atoms with Crippen LogP contribution in [0.2, 0.25) is 0 Å². The van der Waals surface area contributed by atoms with Crippen molar-refractivity contribution in [3.05, 3.63) is 0 Å². The lowest BCUT2D eigenvalue weighted by Crippen LogP contribution is -2.67. The van der Waals surface area contributed by atoms with Crippen LogP contribution < -0.4 is 10.6 Å². The van der Waals surface area contributed by atoms with Gasteiger partial charge in [0.25, 0.3) is 0 Å². The Hall–Kier alpha value is -2.26. The van der Waals surface area contributed by atoms with Crippen LogP contribution in [0.3, 0.4) is 0 Å². The fourth-order valence-electron chi connectivity index (χ4n) is 3.99. The molecule has 2 amide bonds. The Kier molecular flexibility index (Phi) is 11.0. The number of amides is 2. The molecule has 40 heavy (non-hydrogen) atoms. The number of hydrogen-bond acceptors (Lipinski definition) is 5. The predicted molar refractivity (Wildman–Crippen MR) is 125 cm³/mol. The Morgan fingerprint density at radius 1 is 0.850 bits per heavy atom. The molecule has 1 saturated heterocycles. The molecule has 1 aliphatic rings. The number of nitrogens with one attached hydrogen (secondary N) is 2. The molecular weight excluding hydrogens is 565 g/mol. The molecule has 2 unspecified atom stereocenters. The van der Waals surface area contributed by atoms with E-state index in [9.17, 15) is 53.9 Å². The number of alkyl carbamates (subject to hydrolysis) is 1. The van der Waals surface area contributed by atoms with Crippen molar-refractivity contribution in [3.8, 4) is 0 Å². The monoisotopic (exact) mass is 601 g/mol. The minimum absolute atomic E-state index is 0.0569. The summed E-state index contributed by atoms with van der Waals surface area (Å²) in [5.74, 6) is -26.5. The molecule has 2 N–H and O–H groups in total. The van der Waals surface area contributed by atoms with Gasteiger partial charge in [-0.15, -0.1) is 0 Å². The second kappa shape index (κ2) is 12.3. The number of nitrogens with zero attached hydrogens (tertiary/aromatic N) is 1. The summed E-state index contributed by atoms with van der Waals surface area (Å²) in [6.45, 7) is 10.8. The van der Waals surface area contributed by atoms with E-state index >= 15 is 0 Å². The van der Waals surface area contributed by atoms with E-state index in [1.807, 2.05) is 5.32 Å². The van der Waals surface area contributed by atoms with Crippen molar-refractivity contribution >= 4 is 17.8 Å². The summed E-state index contributed by atoms with van der Waals surface area (Å²) in [7, 11) is 0. The van der Waals surface area contributed by atoms with Crippen molar-refractivity contribution in [2.45, 2.75) is 109 Å². The molecule has 234 valence electrons. The van der Waals surface area contributed by atoms with Gasteiger partial charge in [0, 0.05) is 12.6 Å². The lowest BCUT2D eigenvalue weighted by atomic mass is 9.90. The second-order valence-corrected chi connectivity index (χ2v) is 11.5. The van der Waals surface area contributed by atoms with E-state index in [1.165, 1.54) is 0 Å². The highest BCUT2D eigenvalue weighted by Gasteiger charge is 2.83. The number of ether oxygens (including phenoxy) is 1. The standard InChI is InChI=1S/C24H36F9N3O4/c1-12(2)14(34-19(39)40-20(5,6)7)11-36-10-8-9-15(36)18(38)35-16(13(3)4)17(37)21(25,26)22(27,28)23(29,30)24(31,32)33/h12-16H,8-11H2,1-7H3,(H,34,39)(H,35,38)/t14?,15-,16?/m0/s1. The molecule has 1 aliphatic heterocycles. The van der Waals surface area contributed by atoms with Crippen LogP contribution in [0, 0.1) is 11.8 Å².